The Bertz CT molecular complexity index is 1210. The highest BCUT2D eigenvalue weighted by Crippen LogP contribution is 2.36. The minimum Gasteiger partial charge on any atom is -0.366 e. The molecule has 0 bridgehead atoms. The summed E-state index contributed by atoms with van der Waals surface area (Å²) in [6.45, 7) is 5.82. The van der Waals surface area contributed by atoms with Crippen LogP contribution in [0.5, 0.6) is 0 Å². The molecule has 0 atom stereocenters. The van der Waals surface area contributed by atoms with Gasteiger partial charge < -0.3 is 15.5 Å². The number of nitrogens with zero attached hydrogens (tertiary/aromatic N) is 4. The van der Waals surface area contributed by atoms with Gasteiger partial charge in [0, 0.05) is 47.7 Å². The van der Waals surface area contributed by atoms with Gasteiger partial charge in [-0.2, -0.15) is 0 Å². The minimum absolute atomic E-state index is 0.0970. The normalized spacial score (nSPS) is 14.0. The first kappa shape index (κ1) is 20.7. The zero-order valence-electron chi connectivity index (χ0n) is 16.5. The van der Waals surface area contributed by atoms with Gasteiger partial charge in [-0.1, -0.05) is 18.2 Å². The molecule has 3 aromatic rings. The van der Waals surface area contributed by atoms with Gasteiger partial charge in [-0.25, -0.2) is 14.4 Å². The molecule has 2 amide bonds. The van der Waals surface area contributed by atoms with Crippen LogP contribution in [0.4, 0.5) is 10.2 Å². The third kappa shape index (κ3) is 3.94. The van der Waals surface area contributed by atoms with Gasteiger partial charge in [-0.05, 0) is 42.0 Å². The van der Waals surface area contributed by atoms with Gasteiger partial charge in [0.2, 0.25) is 11.8 Å². The molecule has 1 fully saturated rings. The number of hydrogen-bond donors (Lipinski definition) is 1. The topological polar surface area (TPSA) is 92.4 Å². The Morgan fingerprint density at radius 2 is 1.84 bits per heavy atom. The number of hydrogen-bond acceptors (Lipinski definition) is 5. The third-order valence-corrected chi connectivity index (χ3v) is 5.62. The molecule has 0 radical (unpaired) electrons. The SMILES string of the molecule is C=CC(=O)N1CCN(c2ncnc3cc(-c4cc(F)ccc4C(N)=O)c(Cl)cc23)CC1. The maximum Gasteiger partial charge on any atom is 0.249 e. The number of nitrogens with two attached hydrogens (primary N) is 1. The standard InChI is InChI=1S/C22H19ClFN5O2/c1-2-20(30)28-5-7-29(8-6-28)22-17-10-18(23)16(11-19(17)26-12-27-22)15-9-13(24)3-4-14(15)21(25)31/h2-4,9-12H,1,5-8H2,(H2,25,31). The van der Waals surface area contributed by atoms with E-state index in [2.05, 4.69) is 21.4 Å². The van der Waals surface area contributed by atoms with Crippen LogP contribution in [0.25, 0.3) is 22.0 Å². The Morgan fingerprint density at radius 3 is 2.52 bits per heavy atom. The second-order valence-electron chi connectivity index (χ2n) is 7.12. The highest BCUT2D eigenvalue weighted by Gasteiger charge is 2.23. The Labute approximate surface area is 182 Å². The molecular formula is C22H19ClFN5O2. The Hall–Kier alpha value is -3.52. The number of primary amides is 1. The molecule has 0 saturated carbocycles. The number of anilines is 1. The van der Waals surface area contributed by atoms with E-state index in [4.69, 9.17) is 17.3 Å². The molecule has 0 unspecified atom stereocenters. The van der Waals surface area contributed by atoms with E-state index in [0.29, 0.717) is 53.7 Å². The number of amides is 2. The lowest BCUT2D eigenvalue weighted by atomic mass is 9.97. The Morgan fingerprint density at radius 1 is 1.10 bits per heavy atom. The van der Waals surface area contributed by atoms with Crippen molar-refractivity contribution in [1.29, 1.82) is 0 Å². The Kier molecular flexibility index (Phi) is 5.56. The van der Waals surface area contributed by atoms with Gasteiger partial charge in [-0.15, -0.1) is 0 Å². The number of carbonyl (C=O) groups excluding carboxylic acids is 2. The minimum atomic E-state index is -0.679. The lowest BCUT2D eigenvalue weighted by Crippen LogP contribution is -2.48. The van der Waals surface area contributed by atoms with E-state index in [1.165, 1.54) is 30.6 Å². The van der Waals surface area contributed by atoms with Crippen LogP contribution in [-0.2, 0) is 4.79 Å². The molecular weight excluding hydrogens is 421 g/mol. The van der Waals surface area contributed by atoms with E-state index in [9.17, 15) is 14.0 Å². The summed E-state index contributed by atoms with van der Waals surface area (Å²) < 4.78 is 13.9. The van der Waals surface area contributed by atoms with Crippen LogP contribution in [0.2, 0.25) is 5.02 Å². The molecule has 158 valence electrons. The smallest absolute Gasteiger partial charge is 0.249 e. The van der Waals surface area contributed by atoms with E-state index < -0.39 is 11.7 Å². The molecule has 31 heavy (non-hydrogen) atoms. The zero-order chi connectivity index (χ0) is 22.1. The monoisotopic (exact) mass is 439 g/mol. The number of aromatic nitrogens is 2. The Balaban J connectivity index is 1.75. The summed E-state index contributed by atoms with van der Waals surface area (Å²) in [6.07, 6.45) is 2.75. The molecule has 0 spiro atoms. The molecule has 4 rings (SSSR count). The maximum absolute atomic E-state index is 13.9. The third-order valence-electron chi connectivity index (χ3n) is 5.31. The van der Waals surface area contributed by atoms with Crippen molar-refractivity contribution in [3.63, 3.8) is 0 Å². The summed E-state index contributed by atoms with van der Waals surface area (Å²) >= 11 is 6.55. The predicted molar refractivity (Wildman–Crippen MR) is 117 cm³/mol. The van der Waals surface area contributed by atoms with Crippen LogP contribution >= 0.6 is 11.6 Å². The summed E-state index contributed by atoms with van der Waals surface area (Å²) in [6, 6.07) is 7.14. The first-order valence-corrected chi connectivity index (χ1v) is 9.97. The first-order chi connectivity index (χ1) is 14.9. The van der Waals surface area contributed by atoms with Crippen LogP contribution in [0.1, 0.15) is 10.4 Å². The lowest BCUT2D eigenvalue weighted by molar-refractivity contribution is -0.126. The van der Waals surface area contributed by atoms with Gasteiger partial charge in [0.1, 0.15) is 18.0 Å². The highest BCUT2D eigenvalue weighted by molar-refractivity contribution is 6.34. The van der Waals surface area contributed by atoms with Gasteiger partial charge >= 0.3 is 0 Å². The van der Waals surface area contributed by atoms with Crippen molar-refractivity contribution in [3.05, 3.63) is 65.7 Å². The van der Waals surface area contributed by atoms with Crippen LogP contribution in [0.3, 0.4) is 0 Å². The van der Waals surface area contributed by atoms with E-state index in [1.807, 2.05) is 0 Å². The van der Waals surface area contributed by atoms with Crippen molar-refractivity contribution < 1.29 is 14.0 Å². The number of fused-ring (bicyclic) bond motifs is 1. The number of halogens is 2. The highest BCUT2D eigenvalue weighted by atomic mass is 35.5. The van der Waals surface area contributed by atoms with Crippen molar-refractivity contribution >= 4 is 40.1 Å². The van der Waals surface area contributed by atoms with Crippen molar-refractivity contribution in [1.82, 2.24) is 14.9 Å². The molecule has 7 nitrogen and oxygen atoms in total. The van der Waals surface area contributed by atoms with Crippen molar-refractivity contribution in [2.45, 2.75) is 0 Å². The average Bonchev–Trinajstić information content (AvgIpc) is 2.77. The van der Waals surface area contributed by atoms with E-state index in [1.54, 1.807) is 17.0 Å². The zero-order valence-corrected chi connectivity index (χ0v) is 17.3. The van der Waals surface area contributed by atoms with Crippen molar-refractivity contribution in [2.75, 3.05) is 31.1 Å². The second kappa shape index (κ2) is 8.31. The van der Waals surface area contributed by atoms with Crippen LogP contribution in [0.15, 0.2) is 49.3 Å². The van der Waals surface area contributed by atoms with Gasteiger partial charge in [0.15, 0.2) is 0 Å². The fourth-order valence-corrected chi connectivity index (χ4v) is 4.01. The summed E-state index contributed by atoms with van der Waals surface area (Å²) in [7, 11) is 0. The van der Waals surface area contributed by atoms with E-state index in [0.717, 1.165) is 5.39 Å². The number of benzene rings is 2. The van der Waals surface area contributed by atoms with Crippen LogP contribution < -0.4 is 10.6 Å². The molecule has 1 aliphatic heterocycles. The summed E-state index contributed by atoms with van der Waals surface area (Å²) in [4.78, 5) is 36.2. The molecule has 2 heterocycles. The van der Waals surface area contributed by atoms with Gasteiger partial charge in [0.05, 0.1) is 5.52 Å². The average molecular weight is 440 g/mol. The van der Waals surface area contributed by atoms with Gasteiger partial charge in [0.25, 0.3) is 0 Å². The fourth-order valence-electron chi connectivity index (χ4n) is 3.74. The van der Waals surface area contributed by atoms with Crippen molar-refractivity contribution in [2.24, 2.45) is 5.73 Å². The van der Waals surface area contributed by atoms with E-state index in [-0.39, 0.29) is 11.5 Å². The molecule has 2 N–H and O–H groups in total. The predicted octanol–water partition coefficient (Wildman–Crippen LogP) is 3.02. The summed E-state index contributed by atoms with van der Waals surface area (Å²) in [5.41, 5.74) is 6.97. The molecule has 0 aliphatic carbocycles. The van der Waals surface area contributed by atoms with Crippen molar-refractivity contribution in [3.8, 4) is 11.1 Å². The van der Waals surface area contributed by atoms with Crippen LogP contribution in [0, 0.1) is 5.82 Å². The maximum atomic E-state index is 13.9. The first-order valence-electron chi connectivity index (χ1n) is 9.59. The quantitative estimate of drug-likeness (QED) is 0.631. The van der Waals surface area contributed by atoms with Crippen LogP contribution in [-0.4, -0.2) is 52.9 Å². The summed E-state index contributed by atoms with van der Waals surface area (Å²) in [5.74, 6) is -0.591. The number of carbonyl (C=O) groups is 2. The van der Waals surface area contributed by atoms with E-state index >= 15 is 0 Å². The van der Waals surface area contributed by atoms with Gasteiger partial charge in [-0.3, -0.25) is 9.59 Å². The summed E-state index contributed by atoms with van der Waals surface area (Å²) in [5, 5.41) is 1.04. The lowest BCUT2D eigenvalue weighted by Gasteiger charge is -2.35. The number of piperazine rings is 1. The molecule has 1 aromatic heterocycles. The molecule has 2 aromatic carbocycles. The molecule has 1 saturated heterocycles. The largest absolute Gasteiger partial charge is 0.366 e. The molecule has 9 heteroatoms. The number of rotatable bonds is 4. The molecule has 1 aliphatic rings. The second-order valence-corrected chi connectivity index (χ2v) is 7.52. The fraction of sp³-hybridized carbons (Fsp3) is 0.182.